The molecule has 4 nitrogen and oxygen atoms in total. The summed E-state index contributed by atoms with van der Waals surface area (Å²) in [6, 6.07) is 7.85. The highest BCUT2D eigenvalue weighted by molar-refractivity contribution is 7.93. The molecule has 0 heterocycles. The van der Waals surface area contributed by atoms with Crippen LogP contribution in [0.25, 0.3) is 0 Å². The lowest BCUT2D eigenvalue weighted by atomic mass is 9.84. The molecule has 0 saturated carbocycles. The van der Waals surface area contributed by atoms with E-state index in [0.29, 0.717) is 6.42 Å². The number of carbonyl (C=O) groups is 1. The van der Waals surface area contributed by atoms with E-state index < -0.39 is 20.6 Å². The van der Waals surface area contributed by atoms with Gasteiger partial charge >= 0.3 is 5.97 Å². The number of carboxylic acid groups (broad SMARTS) is 1. The molecule has 108 valence electrons. The van der Waals surface area contributed by atoms with E-state index in [-0.39, 0.29) is 17.7 Å². The summed E-state index contributed by atoms with van der Waals surface area (Å²) in [4.78, 5) is 11.8. The van der Waals surface area contributed by atoms with Gasteiger partial charge in [0, 0.05) is 0 Å². The second-order valence-electron chi connectivity index (χ2n) is 5.35. The fourth-order valence-corrected chi connectivity index (χ4v) is 4.60. The summed E-state index contributed by atoms with van der Waals surface area (Å²) in [5.74, 6) is -1.26. The fourth-order valence-electron chi connectivity index (χ4n) is 2.62. The SMILES string of the molecule is CC1=C(C)CC(C(=O)O)(S(=O)(=O)c2ccccc2)CC1. The van der Waals surface area contributed by atoms with E-state index in [0.717, 1.165) is 11.1 Å². The van der Waals surface area contributed by atoms with Gasteiger partial charge in [0.1, 0.15) is 0 Å². The number of allylic oxidation sites excluding steroid dienone is 2. The van der Waals surface area contributed by atoms with Gasteiger partial charge in [0.25, 0.3) is 0 Å². The maximum Gasteiger partial charge on any atom is 0.325 e. The molecule has 0 fully saturated rings. The predicted octanol–water partition coefficient (Wildman–Crippen LogP) is 2.80. The standard InChI is InChI=1S/C15H18O4S/c1-11-8-9-15(14(16)17,10-12(11)2)20(18,19)13-6-4-3-5-7-13/h3-7H,8-10H2,1-2H3,(H,16,17). The molecule has 5 heteroatoms. The van der Waals surface area contributed by atoms with Crippen LogP contribution in [0.2, 0.25) is 0 Å². The first-order chi connectivity index (χ1) is 9.31. The first-order valence-electron chi connectivity index (χ1n) is 6.49. The zero-order valence-electron chi connectivity index (χ0n) is 11.6. The number of hydrogen-bond donors (Lipinski definition) is 1. The lowest BCUT2D eigenvalue weighted by molar-refractivity contribution is -0.140. The van der Waals surface area contributed by atoms with Crippen molar-refractivity contribution in [1.82, 2.24) is 0 Å². The molecule has 0 radical (unpaired) electrons. The highest BCUT2D eigenvalue weighted by atomic mass is 32.2. The fraction of sp³-hybridized carbons (Fsp3) is 0.400. The number of aliphatic carboxylic acids is 1. The Morgan fingerprint density at radius 3 is 2.25 bits per heavy atom. The van der Waals surface area contributed by atoms with E-state index in [1.165, 1.54) is 12.1 Å². The summed E-state index contributed by atoms with van der Waals surface area (Å²) in [5.41, 5.74) is 1.95. The van der Waals surface area contributed by atoms with Crippen molar-refractivity contribution in [2.24, 2.45) is 0 Å². The molecule has 0 bridgehead atoms. The van der Waals surface area contributed by atoms with Crippen LogP contribution in [0.1, 0.15) is 33.1 Å². The Labute approximate surface area is 119 Å². The summed E-state index contributed by atoms with van der Waals surface area (Å²) in [5, 5.41) is 9.59. The summed E-state index contributed by atoms with van der Waals surface area (Å²) < 4.78 is 23.9. The van der Waals surface area contributed by atoms with E-state index in [4.69, 9.17) is 0 Å². The molecule has 1 N–H and O–H groups in total. The maximum atomic E-state index is 12.8. The molecule has 1 aromatic rings. The Balaban J connectivity index is 2.59. The number of benzene rings is 1. The van der Waals surface area contributed by atoms with E-state index in [2.05, 4.69) is 0 Å². The Kier molecular flexibility index (Phi) is 3.73. The molecule has 0 aromatic heterocycles. The molecule has 0 spiro atoms. The predicted molar refractivity (Wildman–Crippen MR) is 76.2 cm³/mol. The van der Waals surface area contributed by atoms with Crippen LogP contribution in [0.4, 0.5) is 0 Å². The molecule has 1 aromatic carbocycles. The van der Waals surface area contributed by atoms with Crippen molar-refractivity contribution in [3.8, 4) is 0 Å². The van der Waals surface area contributed by atoms with Crippen LogP contribution in [-0.2, 0) is 14.6 Å². The summed E-state index contributed by atoms with van der Waals surface area (Å²) in [7, 11) is -3.91. The van der Waals surface area contributed by atoms with Crippen molar-refractivity contribution in [2.75, 3.05) is 0 Å². The smallest absolute Gasteiger partial charge is 0.325 e. The lowest BCUT2D eigenvalue weighted by Crippen LogP contribution is -2.48. The third-order valence-corrected chi connectivity index (χ3v) is 6.59. The Bertz CT molecular complexity index is 658. The Morgan fingerprint density at radius 1 is 1.15 bits per heavy atom. The van der Waals surface area contributed by atoms with Crippen LogP contribution in [0.3, 0.4) is 0 Å². The van der Waals surface area contributed by atoms with E-state index in [1.807, 2.05) is 13.8 Å². The van der Waals surface area contributed by atoms with Crippen molar-refractivity contribution in [1.29, 1.82) is 0 Å². The molecule has 0 amide bonds. The maximum absolute atomic E-state index is 12.8. The number of hydrogen-bond acceptors (Lipinski definition) is 3. The van der Waals surface area contributed by atoms with Gasteiger partial charge in [-0.15, -0.1) is 0 Å². The van der Waals surface area contributed by atoms with Crippen LogP contribution in [0.15, 0.2) is 46.4 Å². The van der Waals surface area contributed by atoms with E-state index in [1.54, 1.807) is 18.2 Å². The van der Waals surface area contributed by atoms with Crippen LogP contribution in [0.5, 0.6) is 0 Å². The average Bonchev–Trinajstić information content (AvgIpc) is 2.42. The van der Waals surface area contributed by atoms with Gasteiger partial charge in [-0.1, -0.05) is 29.3 Å². The van der Waals surface area contributed by atoms with Crippen molar-refractivity contribution in [3.63, 3.8) is 0 Å². The van der Waals surface area contributed by atoms with Crippen molar-refractivity contribution < 1.29 is 18.3 Å². The minimum Gasteiger partial charge on any atom is -0.480 e. The topological polar surface area (TPSA) is 71.4 Å². The Hall–Kier alpha value is -1.62. The quantitative estimate of drug-likeness (QED) is 0.870. The molecular weight excluding hydrogens is 276 g/mol. The van der Waals surface area contributed by atoms with Gasteiger partial charge in [0.2, 0.25) is 0 Å². The van der Waals surface area contributed by atoms with Crippen LogP contribution in [0, 0.1) is 0 Å². The zero-order valence-corrected chi connectivity index (χ0v) is 12.4. The number of sulfone groups is 1. The van der Waals surface area contributed by atoms with E-state index >= 15 is 0 Å². The number of rotatable bonds is 3. The molecule has 0 aliphatic heterocycles. The second kappa shape index (κ2) is 5.05. The zero-order chi connectivity index (χ0) is 15.0. The minimum absolute atomic E-state index is 0.0609. The van der Waals surface area contributed by atoms with Gasteiger partial charge in [-0.2, -0.15) is 0 Å². The molecule has 0 saturated heterocycles. The van der Waals surface area contributed by atoms with Gasteiger partial charge in [0.05, 0.1) is 4.90 Å². The third-order valence-electron chi connectivity index (χ3n) is 4.14. The largest absolute Gasteiger partial charge is 0.480 e. The third kappa shape index (κ3) is 2.16. The first-order valence-corrected chi connectivity index (χ1v) is 7.98. The molecular formula is C15H18O4S. The van der Waals surface area contributed by atoms with Crippen LogP contribution >= 0.6 is 0 Å². The molecule has 2 rings (SSSR count). The van der Waals surface area contributed by atoms with Crippen molar-refractivity contribution >= 4 is 15.8 Å². The van der Waals surface area contributed by atoms with Gasteiger partial charge in [-0.05, 0) is 45.2 Å². The highest BCUT2D eigenvalue weighted by Gasteiger charge is 2.52. The molecule has 1 aliphatic rings. The lowest BCUT2D eigenvalue weighted by Gasteiger charge is -2.33. The molecule has 20 heavy (non-hydrogen) atoms. The molecule has 1 aliphatic carbocycles. The summed E-state index contributed by atoms with van der Waals surface area (Å²) in [6.07, 6.45) is 0.693. The molecule has 1 unspecified atom stereocenters. The van der Waals surface area contributed by atoms with E-state index in [9.17, 15) is 18.3 Å². The van der Waals surface area contributed by atoms with Gasteiger partial charge < -0.3 is 5.11 Å². The Morgan fingerprint density at radius 2 is 1.75 bits per heavy atom. The average molecular weight is 294 g/mol. The van der Waals surface area contributed by atoms with Crippen LogP contribution < -0.4 is 0 Å². The van der Waals surface area contributed by atoms with Gasteiger partial charge in [-0.25, -0.2) is 8.42 Å². The number of carboxylic acids is 1. The molecule has 1 atom stereocenters. The monoisotopic (exact) mass is 294 g/mol. The normalized spacial score (nSPS) is 23.7. The van der Waals surface area contributed by atoms with Crippen LogP contribution in [-0.4, -0.2) is 24.2 Å². The second-order valence-corrected chi connectivity index (χ2v) is 7.61. The van der Waals surface area contributed by atoms with Crippen molar-refractivity contribution in [2.45, 2.75) is 42.8 Å². The summed E-state index contributed by atoms with van der Waals surface area (Å²) in [6.45, 7) is 3.74. The van der Waals surface area contributed by atoms with Gasteiger partial charge in [0.15, 0.2) is 14.6 Å². The van der Waals surface area contributed by atoms with Gasteiger partial charge in [-0.3, -0.25) is 4.79 Å². The first kappa shape index (κ1) is 14.8. The highest BCUT2D eigenvalue weighted by Crippen LogP contribution is 2.41. The van der Waals surface area contributed by atoms with Crippen molar-refractivity contribution in [3.05, 3.63) is 41.5 Å². The summed E-state index contributed by atoms with van der Waals surface area (Å²) >= 11 is 0. The minimum atomic E-state index is -3.91.